The number of H-pyrrole nitrogens is 1. The summed E-state index contributed by atoms with van der Waals surface area (Å²) in [7, 11) is 0. The van der Waals surface area contributed by atoms with Crippen molar-refractivity contribution in [2.24, 2.45) is 0 Å². The van der Waals surface area contributed by atoms with Crippen molar-refractivity contribution >= 4 is 34.6 Å². The topological polar surface area (TPSA) is 132 Å². The summed E-state index contributed by atoms with van der Waals surface area (Å²) in [6.45, 7) is 0.420. The van der Waals surface area contributed by atoms with Gasteiger partial charge in [-0.05, 0) is 30.9 Å². The molecule has 0 bridgehead atoms. The van der Waals surface area contributed by atoms with Crippen LogP contribution >= 0.6 is 0 Å². The Kier molecular flexibility index (Phi) is 5.43. The van der Waals surface area contributed by atoms with Gasteiger partial charge >= 0.3 is 5.97 Å². The molecular formula is C21H24N4O5. The molecule has 2 fully saturated rings. The molecule has 0 unspecified atom stereocenters. The minimum atomic E-state index is -1.13. The third-order valence-electron chi connectivity index (χ3n) is 5.85. The molecule has 2 aliphatic rings. The van der Waals surface area contributed by atoms with Crippen LogP contribution in [0.15, 0.2) is 30.5 Å². The maximum Gasteiger partial charge on any atom is 0.326 e. The number of hydrogen-bond acceptors (Lipinski definition) is 4. The SMILES string of the molecule is O=C1CC[C@@H](C(=O)N2CCC[C@H]2C(=O)N[C@@H](Cc2c[nH]c3ccccc23)C(=O)O)N1. The highest BCUT2D eigenvalue weighted by atomic mass is 16.4. The molecule has 0 radical (unpaired) electrons. The molecule has 1 aromatic carbocycles. The second-order valence-corrected chi connectivity index (χ2v) is 7.81. The van der Waals surface area contributed by atoms with Gasteiger partial charge in [0.15, 0.2) is 0 Å². The van der Waals surface area contributed by atoms with E-state index in [1.165, 1.54) is 4.90 Å². The molecule has 4 N–H and O–H groups in total. The van der Waals surface area contributed by atoms with E-state index >= 15 is 0 Å². The van der Waals surface area contributed by atoms with Gasteiger partial charge in [0.2, 0.25) is 17.7 Å². The zero-order valence-corrected chi connectivity index (χ0v) is 16.4. The Bertz CT molecular complexity index is 1000. The van der Waals surface area contributed by atoms with E-state index < -0.39 is 30.0 Å². The standard InChI is InChI=1S/C21H24N4O5/c26-18-8-7-15(23-18)20(28)25-9-3-6-17(25)19(27)24-16(21(29)30)10-12-11-22-14-5-2-1-4-13(12)14/h1-2,4-5,11,15-17,22H,3,6-10H2,(H,23,26)(H,24,27)(H,29,30)/t15-,16-,17-/m0/s1. The molecule has 30 heavy (non-hydrogen) atoms. The molecule has 1 aromatic heterocycles. The van der Waals surface area contributed by atoms with Crippen LogP contribution in [0.2, 0.25) is 0 Å². The van der Waals surface area contributed by atoms with Crippen LogP contribution in [0.5, 0.6) is 0 Å². The number of carbonyl (C=O) groups is 4. The average Bonchev–Trinajstić information content (AvgIpc) is 3.46. The minimum Gasteiger partial charge on any atom is -0.480 e. The number of fused-ring (bicyclic) bond motifs is 1. The molecule has 4 rings (SSSR count). The predicted octanol–water partition coefficient (Wildman–Crippen LogP) is 0.549. The molecule has 9 nitrogen and oxygen atoms in total. The van der Waals surface area contributed by atoms with Crippen molar-refractivity contribution in [1.82, 2.24) is 20.5 Å². The van der Waals surface area contributed by atoms with Crippen LogP contribution in [0.4, 0.5) is 0 Å². The van der Waals surface area contributed by atoms with Crippen LogP contribution in [0.25, 0.3) is 10.9 Å². The Morgan fingerprint density at radius 3 is 2.77 bits per heavy atom. The fourth-order valence-electron chi connectivity index (χ4n) is 4.29. The van der Waals surface area contributed by atoms with Crippen molar-refractivity contribution < 1.29 is 24.3 Å². The van der Waals surface area contributed by atoms with E-state index in [-0.39, 0.29) is 18.2 Å². The zero-order valence-electron chi connectivity index (χ0n) is 16.4. The summed E-state index contributed by atoms with van der Waals surface area (Å²) in [5.74, 6) is -2.05. The summed E-state index contributed by atoms with van der Waals surface area (Å²) >= 11 is 0. The molecule has 0 aliphatic carbocycles. The number of benzene rings is 1. The van der Waals surface area contributed by atoms with E-state index in [1.54, 1.807) is 6.20 Å². The third kappa shape index (κ3) is 3.87. The van der Waals surface area contributed by atoms with Crippen LogP contribution in [-0.4, -0.2) is 63.4 Å². The summed E-state index contributed by atoms with van der Waals surface area (Å²) < 4.78 is 0. The van der Waals surface area contributed by atoms with E-state index in [1.807, 2.05) is 24.3 Å². The number of amides is 3. The molecule has 2 aliphatic heterocycles. The van der Waals surface area contributed by atoms with Crippen molar-refractivity contribution in [3.8, 4) is 0 Å². The summed E-state index contributed by atoms with van der Waals surface area (Å²) in [5, 5.41) is 15.8. The van der Waals surface area contributed by atoms with Gasteiger partial charge in [0, 0.05) is 36.5 Å². The number of carboxylic acid groups (broad SMARTS) is 1. The van der Waals surface area contributed by atoms with Crippen LogP contribution < -0.4 is 10.6 Å². The number of para-hydroxylation sites is 1. The lowest BCUT2D eigenvalue weighted by Crippen LogP contribution is -2.54. The smallest absolute Gasteiger partial charge is 0.326 e. The molecule has 158 valence electrons. The monoisotopic (exact) mass is 412 g/mol. The lowest BCUT2D eigenvalue weighted by Gasteiger charge is -2.27. The number of nitrogens with one attached hydrogen (secondary N) is 3. The van der Waals surface area contributed by atoms with Gasteiger partial charge in [0.25, 0.3) is 0 Å². The summed E-state index contributed by atoms with van der Waals surface area (Å²) in [5.41, 5.74) is 1.69. The van der Waals surface area contributed by atoms with E-state index in [2.05, 4.69) is 15.6 Å². The van der Waals surface area contributed by atoms with E-state index in [4.69, 9.17) is 0 Å². The van der Waals surface area contributed by atoms with Crippen LogP contribution in [0, 0.1) is 0 Å². The number of carboxylic acids is 1. The van der Waals surface area contributed by atoms with Gasteiger partial charge in [-0.15, -0.1) is 0 Å². The van der Waals surface area contributed by atoms with Crippen LogP contribution in [-0.2, 0) is 25.6 Å². The molecule has 3 heterocycles. The summed E-state index contributed by atoms with van der Waals surface area (Å²) in [6, 6.07) is 5.12. The van der Waals surface area contributed by atoms with Gasteiger partial charge in [-0.2, -0.15) is 0 Å². The van der Waals surface area contributed by atoms with E-state index in [0.29, 0.717) is 32.2 Å². The lowest BCUT2D eigenvalue weighted by atomic mass is 10.0. The first-order valence-corrected chi connectivity index (χ1v) is 10.1. The fraction of sp³-hybridized carbons (Fsp3) is 0.429. The van der Waals surface area contributed by atoms with Gasteiger partial charge < -0.3 is 25.6 Å². The Labute approximate surface area is 172 Å². The number of aromatic amines is 1. The van der Waals surface area contributed by atoms with Crippen LogP contribution in [0.3, 0.4) is 0 Å². The Morgan fingerprint density at radius 2 is 2.03 bits per heavy atom. The summed E-state index contributed by atoms with van der Waals surface area (Å²) in [6.07, 6.45) is 3.72. The van der Waals surface area contributed by atoms with Crippen molar-refractivity contribution in [3.63, 3.8) is 0 Å². The number of carbonyl (C=O) groups excluding carboxylic acids is 3. The highest BCUT2D eigenvalue weighted by Crippen LogP contribution is 2.22. The second-order valence-electron chi connectivity index (χ2n) is 7.81. The van der Waals surface area contributed by atoms with Gasteiger partial charge in [0.05, 0.1) is 0 Å². The van der Waals surface area contributed by atoms with E-state index in [9.17, 15) is 24.3 Å². The number of rotatable bonds is 6. The van der Waals surface area contributed by atoms with Gasteiger partial charge in [-0.1, -0.05) is 18.2 Å². The minimum absolute atomic E-state index is 0.129. The lowest BCUT2D eigenvalue weighted by molar-refractivity contribution is -0.144. The van der Waals surface area contributed by atoms with Crippen molar-refractivity contribution in [2.75, 3.05) is 6.54 Å². The second kappa shape index (κ2) is 8.17. The van der Waals surface area contributed by atoms with Gasteiger partial charge in [-0.3, -0.25) is 14.4 Å². The quantitative estimate of drug-likeness (QED) is 0.550. The normalized spacial score (nSPS) is 22.1. The maximum atomic E-state index is 12.9. The molecule has 9 heteroatoms. The average molecular weight is 412 g/mol. The molecule has 2 aromatic rings. The van der Waals surface area contributed by atoms with E-state index in [0.717, 1.165) is 16.5 Å². The van der Waals surface area contributed by atoms with Gasteiger partial charge in [-0.25, -0.2) is 4.79 Å². The van der Waals surface area contributed by atoms with Crippen molar-refractivity contribution in [2.45, 2.75) is 50.2 Å². The first-order valence-electron chi connectivity index (χ1n) is 10.1. The number of aliphatic carboxylic acids is 1. The molecule has 3 atom stereocenters. The van der Waals surface area contributed by atoms with Crippen LogP contribution in [0.1, 0.15) is 31.2 Å². The first-order chi connectivity index (χ1) is 14.4. The van der Waals surface area contributed by atoms with Crippen molar-refractivity contribution in [1.29, 1.82) is 0 Å². The largest absolute Gasteiger partial charge is 0.480 e. The first kappa shape index (κ1) is 19.9. The zero-order chi connectivity index (χ0) is 21.3. The highest BCUT2D eigenvalue weighted by Gasteiger charge is 2.40. The number of aromatic nitrogens is 1. The Balaban J connectivity index is 1.45. The molecule has 2 saturated heterocycles. The predicted molar refractivity (Wildman–Crippen MR) is 107 cm³/mol. The number of hydrogen-bond donors (Lipinski definition) is 4. The van der Waals surface area contributed by atoms with Crippen molar-refractivity contribution in [3.05, 3.63) is 36.0 Å². The number of nitrogens with zero attached hydrogens (tertiary/aromatic N) is 1. The molecular weight excluding hydrogens is 388 g/mol. The fourth-order valence-corrected chi connectivity index (χ4v) is 4.29. The highest BCUT2D eigenvalue weighted by molar-refractivity contribution is 5.95. The molecule has 0 saturated carbocycles. The molecule has 3 amide bonds. The Morgan fingerprint density at radius 1 is 1.23 bits per heavy atom. The third-order valence-corrected chi connectivity index (χ3v) is 5.85. The number of likely N-dealkylation sites (tertiary alicyclic amines) is 1. The summed E-state index contributed by atoms with van der Waals surface area (Å²) in [4.78, 5) is 53.4. The Hall–Kier alpha value is -3.36. The van der Waals surface area contributed by atoms with Gasteiger partial charge in [0.1, 0.15) is 18.1 Å². The molecule has 0 spiro atoms. The maximum absolute atomic E-state index is 12.9.